The highest BCUT2D eigenvalue weighted by Gasteiger charge is 2.14. The Balaban J connectivity index is 1.63. The summed E-state index contributed by atoms with van der Waals surface area (Å²) >= 11 is 1.68. The fraction of sp³-hybridized carbons (Fsp3) is 0.263. The Bertz CT molecular complexity index is 834. The number of thiophene rings is 1. The molecular weight excluding hydrogens is 332 g/mol. The molecule has 0 aliphatic rings. The van der Waals surface area contributed by atoms with Gasteiger partial charge >= 0.3 is 0 Å². The normalized spacial score (nSPS) is 11.9. The van der Waals surface area contributed by atoms with Crippen molar-refractivity contribution in [3.05, 3.63) is 64.4 Å². The van der Waals surface area contributed by atoms with Crippen molar-refractivity contribution < 1.29 is 4.79 Å². The van der Waals surface area contributed by atoms with E-state index in [0.717, 1.165) is 23.2 Å². The lowest BCUT2D eigenvalue weighted by molar-refractivity contribution is -0.121. The first-order valence-corrected chi connectivity index (χ1v) is 9.07. The van der Waals surface area contributed by atoms with E-state index in [9.17, 15) is 4.79 Å². The molecule has 1 amide bonds. The average molecular weight is 352 g/mol. The topological polar surface area (TPSA) is 67.8 Å². The molecule has 0 saturated heterocycles. The van der Waals surface area contributed by atoms with Crippen LogP contribution in [0.3, 0.4) is 0 Å². The molecule has 128 valence electrons. The molecule has 0 bridgehead atoms. The fourth-order valence-electron chi connectivity index (χ4n) is 2.62. The lowest BCUT2D eigenvalue weighted by atomic mass is 10.1. The van der Waals surface area contributed by atoms with Gasteiger partial charge in [0.25, 0.3) is 0 Å². The summed E-state index contributed by atoms with van der Waals surface area (Å²) in [5.74, 6) is 0.707. The third kappa shape index (κ3) is 4.48. The van der Waals surface area contributed by atoms with Crippen LogP contribution in [-0.4, -0.2) is 20.9 Å². The van der Waals surface area contributed by atoms with Crippen molar-refractivity contribution in [2.45, 2.75) is 32.7 Å². The molecule has 0 spiro atoms. The van der Waals surface area contributed by atoms with Crippen LogP contribution in [-0.2, 0) is 11.2 Å². The summed E-state index contributed by atoms with van der Waals surface area (Å²) in [6, 6.07) is 7.69. The van der Waals surface area contributed by atoms with Crippen molar-refractivity contribution in [2.75, 3.05) is 0 Å². The number of hydrogen-bond acceptors (Lipinski definition) is 5. The van der Waals surface area contributed by atoms with Crippen LogP contribution in [0, 0.1) is 6.92 Å². The van der Waals surface area contributed by atoms with E-state index in [1.54, 1.807) is 29.9 Å². The van der Waals surface area contributed by atoms with Crippen LogP contribution in [0.1, 0.15) is 35.5 Å². The third-order valence-corrected chi connectivity index (χ3v) is 4.91. The molecule has 3 aromatic heterocycles. The minimum Gasteiger partial charge on any atom is -0.349 e. The van der Waals surface area contributed by atoms with Gasteiger partial charge < -0.3 is 5.32 Å². The van der Waals surface area contributed by atoms with Gasteiger partial charge in [0.15, 0.2) is 5.82 Å². The summed E-state index contributed by atoms with van der Waals surface area (Å²) < 4.78 is 0. The minimum atomic E-state index is -0.123. The Kier molecular flexibility index (Phi) is 5.50. The summed E-state index contributed by atoms with van der Waals surface area (Å²) in [6.07, 6.45) is 6.49. The lowest BCUT2D eigenvalue weighted by Gasteiger charge is -2.16. The highest BCUT2D eigenvalue weighted by molar-refractivity contribution is 7.09. The van der Waals surface area contributed by atoms with Crippen LogP contribution in [0.4, 0.5) is 0 Å². The van der Waals surface area contributed by atoms with Crippen LogP contribution in [0.2, 0.25) is 0 Å². The average Bonchev–Trinajstić information content (AvgIpc) is 3.14. The largest absolute Gasteiger partial charge is 0.349 e. The summed E-state index contributed by atoms with van der Waals surface area (Å²) in [4.78, 5) is 26.4. The van der Waals surface area contributed by atoms with E-state index in [1.807, 2.05) is 37.4 Å². The molecule has 0 aliphatic carbocycles. The number of pyridine rings is 1. The number of hydrogen-bond donors (Lipinski definition) is 1. The van der Waals surface area contributed by atoms with E-state index in [2.05, 4.69) is 26.3 Å². The third-order valence-electron chi connectivity index (χ3n) is 3.98. The first-order valence-electron chi connectivity index (χ1n) is 8.19. The van der Waals surface area contributed by atoms with E-state index in [0.29, 0.717) is 12.2 Å². The zero-order chi connectivity index (χ0) is 17.6. The van der Waals surface area contributed by atoms with Crippen LogP contribution >= 0.6 is 11.3 Å². The van der Waals surface area contributed by atoms with Crippen LogP contribution in [0.15, 0.2) is 48.2 Å². The standard InChI is InChI=1S/C19H20N4OS/c1-13(22-18(24)6-5-16-4-3-11-25-16)17-12-21-19(23-14(17)2)15-7-9-20-10-8-15/h3-4,7-13H,5-6H2,1-2H3,(H,22,24)/t13-/m1/s1. The number of aryl methyl sites for hydroxylation is 2. The van der Waals surface area contributed by atoms with E-state index in [-0.39, 0.29) is 11.9 Å². The number of carbonyl (C=O) groups excluding carboxylic acids is 1. The fourth-order valence-corrected chi connectivity index (χ4v) is 3.33. The maximum absolute atomic E-state index is 12.2. The van der Waals surface area contributed by atoms with E-state index in [4.69, 9.17) is 0 Å². The zero-order valence-corrected chi connectivity index (χ0v) is 15.1. The highest BCUT2D eigenvalue weighted by atomic mass is 32.1. The predicted octanol–water partition coefficient (Wildman–Crippen LogP) is 3.72. The van der Waals surface area contributed by atoms with E-state index in [1.165, 1.54) is 4.88 Å². The van der Waals surface area contributed by atoms with Crippen molar-refractivity contribution in [3.8, 4) is 11.4 Å². The molecule has 3 rings (SSSR count). The molecule has 3 aromatic rings. The molecule has 0 aliphatic heterocycles. The highest BCUT2D eigenvalue weighted by Crippen LogP contribution is 2.19. The van der Waals surface area contributed by atoms with Gasteiger partial charge in [-0.25, -0.2) is 9.97 Å². The van der Waals surface area contributed by atoms with Crippen molar-refractivity contribution in [2.24, 2.45) is 0 Å². The van der Waals surface area contributed by atoms with Gasteiger partial charge in [0.05, 0.1) is 6.04 Å². The maximum Gasteiger partial charge on any atom is 0.220 e. The molecule has 0 radical (unpaired) electrons. The molecular formula is C19H20N4OS. The number of nitrogens with one attached hydrogen (secondary N) is 1. The minimum absolute atomic E-state index is 0.0403. The predicted molar refractivity (Wildman–Crippen MR) is 99.2 cm³/mol. The van der Waals surface area contributed by atoms with Crippen LogP contribution < -0.4 is 5.32 Å². The van der Waals surface area contributed by atoms with Crippen LogP contribution in [0.25, 0.3) is 11.4 Å². The maximum atomic E-state index is 12.2. The zero-order valence-electron chi connectivity index (χ0n) is 14.3. The second kappa shape index (κ2) is 7.98. The number of aromatic nitrogens is 3. The summed E-state index contributed by atoms with van der Waals surface area (Å²) in [7, 11) is 0. The molecule has 1 N–H and O–H groups in total. The van der Waals surface area contributed by atoms with Gasteiger partial charge in [-0.2, -0.15) is 0 Å². The second-order valence-corrected chi connectivity index (χ2v) is 6.87. The Morgan fingerprint density at radius 3 is 2.76 bits per heavy atom. The monoisotopic (exact) mass is 352 g/mol. The Morgan fingerprint density at radius 1 is 1.28 bits per heavy atom. The molecule has 3 heterocycles. The van der Waals surface area contributed by atoms with Gasteiger partial charge in [-0.05, 0) is 43.8 Å². The molecule has 0 unspecified atom stereocenters. The number of carbonyl (C=O) groups is 1. The van der Waals surface area contributed by atoms with Gasteiger partial charge in [-0.1, -0.05) is 6.07 Å². The Morgan fingerprint density at radius 2 is 2.08 bits per heavy atom. The first-order chi connectivity index (χ1) is 12.1. The summed E-state index contributed by atoms with van der Waals surface area (Å²) in [5.41, 5.74) is 2.73. The number of rotatable bonds is 6. The van der Waals surface area contributed by atoms with Gasteiger partial charge in [-0.3, -0.25) is 9.78 Å². The summed E-state index contributed by atoms with van der Waals surface area (Å²) in [5, 5.41) is 5.06. The van der Waals surface area contributed by atoms with Crippen LogP contribution in [0.5, 0.6) is 0 Å². The molecule has 0 aromatic carbocycles. The van der Waals surface area contributed by atoms with E-state index < -0.39 is 0 Å². The molecule has 6 heteroatoms. The van der Waals surface area contributed by atoms with Crippen molar-refractivity contribution in [3.63, 3.8) is 0 Å². The van der Waals surface area contributed by atoms with Gasteiger partial charge in [-0.15, -0.1) is 11.3 Å². The SMILES string of the molecule is Cc1nc(-c2ccncc2)ncc1[C@@H](C)NC(=O)CCc1cccs1. The second-order valence-electron chi connectivity index (χ2n) is 5.84. The lowest BCUT2D eigenvalue weighted by Crippen LogP contribution is -2.27. The first kappa shape index (κ1) is 17.2. The summed E-state index contributed by atoms with van der Waals surface area (Å²) in [6.45, 7) is 3.90. The molecule has 25 heavy (non-hydrogen) atoms. The Hall–Kier alpha value is -2.60. The molecule has 0 saturated carbocycles. The van der Waals surface area contributed by atoms with Crippen molar-refractivity contribution >= 4 is 17.2 Å². The number of amides is 1. The van der Waals surface area contributed by atoms with Gasteiger partial charge in [0, 0.05) is 46.7 Å². The molecule has 5 nitrogen and oxygen atoms in total. The molecule has 0 fully saturated rings. The van der Waals surface area contributed by atoms with Crippen molar-refractivity contribution in [1.82, 2.24) is 20.3 Å². The van der Waals surface area contributed by atoms with Gasteiger partial charge in [0.2, 0.25) is 5.91 Å². The smallest absolute Gasteiger partial charge is 0.220 e. The Labute approximate surface area is 151 Å². The quantitative estimate of drug-likeness (QED) is 0.734. The number of nitrogens with zero attached hydrogens (tertiary/aromatic N) is 3. The van der Waals surface area contributed by atoms with Gasteiger partial charge in [0.1, 0.15) is 0 Å². The molecule has 1 atom stereocenters. The van der Waals surface area contributed by atoms with E-state index >= 15 is 0 Å². The van der Waals surface area contributed by atoms with Crippen molar-refractivity contribution in [1.29, 1.82) is 0 Å².